The van der Waals surface area contributed by atoms with E-state index in [0.29, 0.717) is 73.4 Å². The maximum Gasteiger partial charge on any atom is 0.216 e. The molecule has 0 saturated carbocycles. The van der Waals surface area contributed by atoms with E-state index in [1.807, 2.05) is 186 Å². The van der Waals surface area contributed by atoms with Gasteiger partial charge in [0.2, 0.25) is 22.8 Å². The Morgan fingerprint density at radius 1 is 0.286 bits per heavy atom. The van der Waals surface area contributed by atoms with Gasteiger partial charge in [0.25, 0.3) is 0 Å². The summed E-state index contributed by atoms with van der Waals surface area (Å²) in [7, 11) is 7.80. The van der Waals surface area contributed by atoms with Crippen molar-refractivity contribution in [3.8, 4) is 45.0 Å². The second-order valence-electron chi connectivity index (χ2n) is 30.8. The van der Waals surface area contributed by atoms with E-state index in [0.717, 1.165) is 172 Å². The number of aryl methyl sites for hydroxylation is 10. The molecule has 0 saturated heterocycles. The molecule has 0 aliphatic heterocycles. The van der Waals surface area contributed by atoms with E-state index >= 15 is 0 Å². The van der Waals surface area contributed by atoms with Crippen LogP contribution in [0.3, 0.4) is 0 Å². The van der Waals surface area contributed by atoms with Crippen molar-refractivity contribution < 1.29 is 46.9 Å². The van der Waals surface area contributed by atoms with E-state index in [-0.39, 0.29) is 24.2 Å². The molecular weight excluding hydrogens is 1380 g/mol. The van der Waals surface area contributed by atoms with Gasteiger partial charge in [-0.1, -0.05) is 104 Å². The molecule has 16 rings (SSSR count). The van der Waals surface area contributed by atoms with Crippen molar-refractivity contribution in [3.05, 3.63) is 281 Å². The normalized spacial score (nSPS) is 12.9. The van der Waals surface area contributed by atoms with E-state index < -0.39 is 23.6 Å². The smallest absolute Gasteiger partial charge is 0.216 e. The van der Waals surface area contributed by atoms with Crippen LogP contribution < -0.4 is 18.3 Å². The van der Waals surface area contributed by atoms with Crippen LogP contribution in [0.4, 0.5) is 22.7 Å². The summed E-state index contributed by atoms with van der Waals surface area (Å²) in [5, 5.41) is 7.50. The van der Waals surface area contributed by atoms with Crippen LogP contribution in [0, 0.1) is 109 Å². The van der Waals surface area contributed by atoms with Crippen molar-refractivity contribution in [2.45, 2.75) is 162 Å². The Hall–Kier alpha value is -12.5. The molecule has 8 aromatic heterocycles. The van der Waals surface area contributed by atoms with Crippen molar-refractivity contribution >= 4 is 111 Å². The zero-order valence-corrected chi connectivity index (χ0v) is 68.8. The van der Waals surface area contributed by atoms with Crippen LogP contribution in [0.1, 0.15) is 179 Å². The van der Waals surface area contributed by atoms with Crippen molar-refractivity contribution in [3.63, 3.8) is 0 Å². The highest BCUT2D eigenvalue weighted by Crippen LogP contribution is 2.46. The first-order chi connectivity index (χ1) is 56.2. The predicted molar refractivity (Wildman–Crippen MR) is 460 cm³/mol. The van der Waals surface area contributed by atoms with Gasteiger partial charge >= 0.3 is 0 Å². The summed E-state index contributed by atoms with van der Waals surface area (Å²) in [5.74, 6) is -3.55. The van der Waals surface area contributed by atoms with Gasteiger partial charge < -0.3 is 17.7 Å². The van der Waals surface area contributed by atoms with Gasteiger partial charge in [-0.3, -0.25) is 0 Å². The Labute approximate surface area is 670 Å². The Kier molecular flexibility index (Phi) is 18.4. The van der Waals surface area contributed by atoms with E-state index in [1.165, 1.54) is 0 Å². The lowest BCUT2D eigenvalue weighted by molar-refractivity contribution is -0.666. The Morgan fingerprint density at radius 3 is 0.902 bits per heavy atom. The molecule has 0 aliphatic rings. The number of benzene rings is 8. The molecule has 0 N–H and O–H groups in total. The van der Waals surface area contributed by atoms with E-state index in [9.17, 15) is 0 Å². The zero-order chi connectivity index (χ0) is 87.8. The van der Waals surface area contributed by atoms with E-state index in [4.69, 9.17) is 54.9 Å². The lowest BCUT2D eigenvalue weighted by Gasteiger charge is -2.11. The summed E-state index contributed by atoms with van der Waals surface area (Å²) in [6.07, 6.45) is 0. The molecule has 0 radical (unpaired) electrons. The molecule has 0 aliphatic carbocycles. The van der Waals surface area contributed by atoms with Crippen LogP contribution in [-0.4, -0.2) is 0 Å². The number of fused-ring (bicyclic) bond motifs is 12. The van der Waals surface area contributed by atoms with Gasteiger partial charge in [-0.25, -0.2) is 19.4 Å². The number of hydrogen-bond donors (Lipinski definition) is 0. The third-order valence-corrected chi connectivity index (χ3v) is 22.1. The molecular formula is C100H100N8O4+4. The third kappa shape index (κ3) is 13.9. The first-order valence-electron chi connectivity index (χ1n) is 41.6. The second kappa shape index (κ2) is 30.4. The van der Waals surface area contributed by atoms with Gasteiger partial charge in [0.15, 0.2) is 45.5 Å². The highest BCUT2D eigenvalue weighted by molar-refractivity contribution is 6.15. The monoisotopic (exact) mass is 1480 g/mol. The molecule has 16 aromatic rings. The zero-order valence-electron chi connectivity index (χ0n) is 76.8. The molecule has 0 amide bonds. The molecule has 0 bridgehead atoms. The van der Waals surface area contributed by atoms with Crippen molar-refractivity contribution in [1.82, 2.24) is 0 Å². The lowest BCUT2D eigenvalue weighted by atomic mass is 9.96. The first-order valence-corrected chi connectivity index (χ1v) is 37.6. The topological polar surface area (TPSA) is 85.5 Å². The number of rotatable bonds is 8. The fraction of sp³-hybridized carbons (Fsp3) is 0.280. The lowest BCUT2D eigenvalue weighted by Crippen LogP contribution is -2.35. The minimum Gasteiger partial charge on any atom is -0.455 e. The van der Waals surface area contributed by atoms with E-state index in [2.05, 4.69) is 112 Å². The molecule has 8 aromatic carbocycles. The molecule has 0 fully saturated rings. The molecule has 12 nitrogen and oxygen atoms in total. The van der Waals surface area contributed by atoms with Crippen molar-refractivity contribution in [2.75, 3.05) is 0 Å². The summed E-state index contributed by atoms with van der Waals surface area (Å²) in [5.41, 5.74) is 29.6. The largest absolute Gasteiger partial charge is 0.455 e. The average Bonchev–Trinajstić information content (AvgIpc) is 1.48. The van der Waals surface area contributed by atoms with Crippen molar-refractivity contribution in [1.29, 1.82) is 0 Å². The van der Waals surface area contributed by atoms with Gasteiger partial charge in [0, 0.05) is 125 Å². The van der Waals surface area contributed by atoms with Crippen LogP contribution in [0.25, 0.3) is 152 Å². The summed E-state index contributed by atoms with van der Waals surface area (Å²) in [6, 6.07) is 40.6. The average molecular weight is 1490 g/mol. The van der Waals surface area contributed by atoms with Gasteiger partial charge in [-0.15, -0.1) is 0 Å². The molecule has 8 heterocycles. The minimum atomic E-state index is -1.08. The van der Waals surface area contributed by atoms with Gasteiger partial charge in [0.05, 0.1) is 54.0 Å². The van der Waals surface area contributed by atoms with Crippen LogP contribution in [0.2, 0.25) is 0 Å². The van der Waals surface area contributed by atoms with Crippen LogP contribution >= 0.6 is 0 Å². The molecule has 0 atom stereocenters. The van der Waals surface area contributed by atoms with E-state index in [1.54, 1.807) is 27.7 Å². The Balaban J connectivity index is 0.000000138. The Morgan fingerprint density at radius 2 is 0.589 bits per heavy atom. The maximum atomic E-state index is 8.99. The number of pyridine rings is 4. The number of nitrogens with zero attached hydrogens (tertiary/aromatic N) is 8. The molecule has 0 unspecified atom stereocenters. The molecule has 12 heteroatoms. The molecule has 112 heavy (non-hydrogen) atoms. The van der Waals surface area contributed by atoms with Crippen molar-refractivity contribution in [2.24, 2.45) is 28.2 Å². The third-order valence-electron chi connectivity index (χ3n) is 22.1. The van der Waals surface area contributed by atoms with Gasteiger partial charge in [-0.2, -0.15) is 18.3 Å². The number of furan rings is 4. The summed E-state index contributed by atoms with van der Waals surface area (Å²) < 4.78 is 103. The van der Waals surface area contributed by atoms with Crippen LogP contribution in [0.5, 0.6) is 0 Å². The quantitative estimate of drug-likeness (QED) is 0.112. The minimum absolute atomic E-state index is 0.173. The molecule has 560 valence electrons. The fourth-order valence-electron chi connectivity index (χ4n) is 15.1. The van der Waals surface area contributed by atoms with Gasteiger partial charge in [0.1, 0.15) is 72.9 Å². The maximum absolute atomic E-state index is 8.99. The highest BCUT2D eigenvalue weighted by atomic mass is 16.3. The summed E-state index contributed by atoms with van der Waals surface area (Å²) in [4.78, 5) is 14.5. The first kappa shape index (κ1) is 67.6. The van der Waals surface area contributed by atoms with Crippen LogP contribution in [-0.2, 0) is 28.2 Å². The summed E-state index contributed by atoms with van der Waals surface area (Å²) >= 11 is 0. The standard InChI is InChI=1S/4C25H25N2O/c2*1-14(2)18-11-17(5)27(7)22(12-18)23-15(3)8-9-20-21-13-19(26-6)10-16(4)24(21)28-25(20)23;2*1-14(2)18-11-17(5)27(7)22(12-18)24-15(3)8-9-19-20-13-21(26-6)16(4)10-23(20)28-25(19)24/h4*8-14H,1-5,7H3/q4*+1/i11D,12D,14D;14D;11D,12D,14D;14D. The number of hydrogen-bond acceptors (Lipinski definition) is 4. The summed E-state index contributed by atoms with van der Waals surface area (Å²) in [6.45, 7) is 67.9. The van der Waals surface area contributed by atoms with Gasteiger partial charge in [-0.05, 0) is 194 Å². The highest BCUT2D eigenvalue weighted by Gasteiger charge is 2.30. The molecule has 0 spiro atoms. The SMILES string of the molecule is [2H]C(C)(C)c1cc(C)[n+](C)c(-c2c(C)ccc3c2oc2c(C)cc([N+]#[C-])cc23)c1.[2H]C(C)(C)c1cc(C)[n+](C)c(-c2c(C)ccc3c2oc2cc(C)c([N+]#[C-])cc23)c1.[2H]c1c(C([2H])(C)C)c([2H])c(-c2c(C)ccc3c2oc2c(C)cc([N+]#[C-])cc23)[n+](C)c1C.[2H]c1c(C([2H])(C)C)c([2H])c(-c2c(C)ccc3c2oc2cc(C)c([N+]#[C-])cc23)[n+](C)c1C. The predicted octanol–water partition coefficient (Wildman–Crippen LogP) is 26.7. The van der Waals surface area contributed by atoms with Crippen LogP contribution in [0.15, 0.2) is 163 Å². The number of aromatic nitrogens is 4. The fourth-order valence-corrected chi connectivity index (χ4v) is 15.1. The Bertz CT molecular complexity index is 7260. The second-order valence-corrected chi connectivity index (χ2v) is 30.8.